The fourth-order valence-corrected chi connectivity index (χ4v) is 2.48. The van der Waals surface area contributed by atoms with Crippen LogP contribution in [-0.4, -0.2) is 41.5 Å². The lowest BCUT2D eigenvalue weighted by atomic mass is 10.3. The Hall–Kier alpha value is -1.91. The van der Waals surface area contributed by atoms with E-state index in [9.17, 15) is 14.9 Å². The molecule has 0 saturated carbocycles. The molecule has 0 heterocycles. The lowest BCUT2D eigenvalue weighted by Gasteiger charge is -2.16. The Morgan fingerprint density at radius 3 is 2.61 bits per heavy atom. The van der Waals surface area contributed by atoms with Crippen LogP contribution in [0.2, 0.25) is 0 Å². The summed E-state index contributed by atoms with van der Waals surface area (Å²) >= 11 is 6.28. The van der Waals surface area contributed by atoms with Gasteiger partial charge in [0.05, 0.1) is 17.3 Å². The number of thioether (sulfide) groups is 1. The van der Waals surface area contributed by atoms with E-state index >= 15 is 0 Å². The van der Waals surface area contributed by atoms with Crippen molar-refractivity contribution in [2.75, 3.05) is 19.5 Å². The number of nitrogens with one attached hydrogen (secondary N) is 3. The van der Waals surface area contributed by atoms with Crippen molar-refractivity contribution in [3.8, 4) is 0 Å². The molecule has 0 aliphatic rings. The second-order valence-corrected chi connectivity index (χ2v) is 6.00. The summed E-state index contributed by atoms with van der Waals surface area (Å²) in [5.74, 6) is -0.113. The molecule has 0 saturated heterocycles. The molecule has 0 aliphatic heterocycles. The zero-order chi connectivity index (χ0) is 17.2. The number of nitrogens with zero attached hydrogens (tertiary/aromatic N) is 1. The summed E-state index contributed by atoms with van der Waals surface area (Å²) in [6.45, 7) is 2.38. The minimum atomic E-state index is -0.469. The summed E-state index contributed by atoms with van der Waals surface area (Å²) in [5, 5.41) is 13.8. The number of thiocarbonyl (C=S) groups is 1. The molecule has 0 fully saturated rings. The SMILES string of the molecule is COC[C@H](C)NC(=S)NNC(=O)CSc1ccc([N+](=O)[O-])cc1. The number of nitro groups is 1. The number of hydrogen-bond acceptors (Lipinski definition) is 6. The van der Waals surface area contributed by atoms with Gasteiger partial charge in [0.1, 0.15) is 0 Å². The summed E-state index contributed by atoms with van der Waals surface area (Å²) in [7, 11) is 1.59. The van der Waals surface area contributed by atoms with Gasteiger partial charge in [0, 0.05) is 30.2 Å². The van der Waals surface area contributed by atoms with E-state index in [2.05, 4.69) is 16.2 Å². The van der Waals surface area contributed by atoms with E-state index in [4.69, 9.17) is 17.0 Å². The molecule has 1 atom stereocenters. The molecule has 3 N–H and O–H groups in total. The number of rotatable bonds is 7. The number of carbonyl (C=O) groups is 1. The van der Waals surface area contributed by atoms with Gasteiger partial charge in [0.25, 0.3) is 5.69 Å². The van der Waals surface area contributed by atoms with Crippen LogP contribution in [0.25, 0.3) is 0 Å². The Labute approximate surface area is 143 Å². The summed E-state index contributed by atoms with van der Waals surface area (Å²) in [5.41, 5.74) is 5.08. The van der Waals surface area contributed by atoms with Crippen molar-refractivity contribution in [2.45, 2.75) is 17.9 Å². The summed E-state index contributed by atoms with van der Waals surface area (Å²) in [6, 6.07) is 6.01. The first-order valence-corrected chi connectivity index (χ1v) is 8.03. The fraction of sp³-hybridized carbons (Fsp3) is 0.385. The number of benzene rings is 1. The van der Waals surface area contributed by atoms with Gasteiger partial charge in [0.15, 0.2) is 5.11 Å². The van der Waals surface area contributed by atoms with Crippen LogP contribution in [0.15, 0.2) is 29.2 Å². The number of carbonyl (C=O) groups excluding carboxylic acids is 1. The van der Waals surface area contributed by atoms with Crippen LogP contribution in [-0.2, 0) is 9.53 Å². The molecule has 1 aromatic rings. The van der Waals surface area contributed by atoms with E-state index in [1.165, 1.54) is 23.9 Å². The average Bonchev–Trinajstić information content (AvgIpc) is 2.51. The van der Waals surface area contributed by atoms with Crippen molar-refractivity contribution < 1.29 is 14.5 Å². The molecule has 1 amide bonds. The highest BCUT2D eigenvalue weighted by Gasteiger charge is 2.07. The van der Waals surface area contributed by atoms with Gasteiger partial charge in [0.2, 0.25) is 5.91 Å². The van der Waals surface area contributed by atoms with Crippen LogP contribution >= 0.6 is 24.0 Å². The molecule has 0 bridgehead atoms. The van der Waals surface area contributed by atoms with Gasteiger partial charge in [-0.05, 0) is 31.3 Å². The molecule has 0 radical (unpaired) electrons. The third-order valence-electron chi connectivity index (χ3n) is 2.53. The van der Waals surface area contributed by atoms with E-state index in [0.29, 0.717) is 11.7 Å². The minimum absolute atomic E-state index is 0.0158. The van der Waals surface area contributed by atoms with E-state index < -0.39 is 4.92 Å². The number of hydrazine groups is 1. The van der Waals surface area contributed by atoms with Crippen molar-refractivity contribution in [3.05, 3.63) is 34.4 Å². The highest BCUT2D eigenvalue weighted by Crippen LogP contribution is 2.20. The Morgan fingerprint density at radius 2 is 2.04 bits per heavy atom. The second-order valence-electron chi connectivity index (χ2n) is 4.54. The highest BCUT2D eigenvalue weighted by atomic mass is 32.2. The topological polar surface area (TPSA) is 106 Å². The fourth-order valence-electron chi connectivity index (χ4n) is 1.53. The summed E-state index contributed by atoms with van der Waals surface area (Å²) in [4.78, 5) is 22.5. The Balaban J connectivity index is 2.28. The number of non-ortho nitro benzene ring substituents is 1. The number of hydrogen-bond donors (Lipinski definition) is 3. The molecule has 1 aromatic carbocycles. The maximum absolute atomic E-state index is 11.7. The first-order valence-electron chi connectivity index (χ1n) is 6.64. The second kappa shape index (κ2) is 9.98. The molecule has 23 heavy (non-hydrogen) atoms. The molecule has 0 spiro atoms. The molecular formula is C13H18N4O4S2. The molecule has 0 aliphatic carbocycles. The van der Waals surface area contributed by atoms with Gasteiger partial charge >= 0.3 is 0 Å². The summed E-state index contributed by atoms with van der Waals surface area (Å²) in [6.07, 6.45) is 0. The van der Waals surface area contributed by atoms with Crippen LogP contribution < -0.4 is 16.2 Å². The number of nitro benzene ring substituents is 1. The molecule has 10 heteroatoms. The third kappa shape index (κ3) is 7.77. The monoisotopic (exact) mass is 358 g/mol. The smallest absolute Gasteiger partial charge is 0.269 e. The Morgan fingerprint density at radius 1 is 1.39 bits per heavy atom. The number of ether oxygens (including phenoxy) is 1. The first kappa shape index (κ1) is 19.1. The van der Waals surface area contributed by atoms with Crippen LogP contribution in [0.1, 0.15) is 6.92 Å². The van der Waals surface area contributed by atoms with Crippen LogP contribution in [0.5, 0.6) is 0 Å². The van der Waals surface area contributed by atoms with Crippen LogP contribution in [0.4, 0.5) is 5.69 Å². The molecular weight excluding hydrogens is 340 g/mol. The standard InChI is InChI=1S/C13H18N4O4S2/c1-9(7-21-2)14-13(22)16-15-12(18)8-23-11-5-3-10(4-6-11)17(19)20/h3-6,9H,7-8H2,1-2H3,(H,15,18)(H2,14,16,22)/t9-/m0/s1. The van der Waals surface area contributed by atoms with Crippen molar-refractivity contribution in [2.24, 2.45) is 0 Å². The molecule has 0 aromatic heterocycles. The van der Waals surface area contributed by atoms with Crippen molar-refractivity contribution in [1.82, 2.24) is 16.2 Å². The largest absolute Gasteiger partial charge is 0.383 e. The summed E-state index contributed by atoms with van der Waals surface area (Å²) < 4.78 is 4.96. The third-order valence-corrected chi connectivity index (χ3v) is 3.76. The highest BCUT2D eigenvalue weighted by molar-refractivity contribution is 8.00. The average molecular weight is 358 g/mol. The van der Waals surface area contributed by atoms with E-state index in [-0.39, 0.29) is 23.4 Å². The van der Waals surface area contributed by atoms with Crippen molar-refractivity contribution in [1.29, 1.82) is 0 Å². The molecule has 0 unspecified atom stereocenters. The molecule has 8 nitrogen and oxygen atoms in total. The van der Waals surface area contributed by atoms with Gasteiger partial charge in [-0.25, -0.2) is 0 Å². The van der Waals surface area contributed by atoms with E-state index in [1.807, 2.05) is 6.92 Å². The zero-order valence-corrected chi connectivity index (χ0v) is 14.3. The Bertz CT molecular complexity index is 553. The van der Waals surface area contributed by atoms with Crippen molar-refractivity contribution >= 4 is 40.7 Å². The van der Waals surface area contributed by atoms with Gasteiger partial charge < -0.3 is 10.1 Å². The minimum Gasteiger partial charge on any atom is -0.383 e. The van der Waals surface area contributed by atoms with E-state index in [1.54, 1.807) is 19.2 Å². The predicted molar refractivity (Wildman–Crippen MR) is 92.2 cm³/mol. The Kier molecular flexibility index (Phi) is 8.30. The lowest BCUT2D eigenvalue weighted by molar-refractivity contribution is -0.384. The van der Waals surface area contributed by atoms with Gasteiger partial charge in [-0.2, -0.15) is 0 Å². The zero-order valence-electron chi connectivity index (χ0n) is 12.7. The van der Waals surface area contributed by atoms with Gasteiger partial charge in [-0.3, -0.25) is 25.8 Å². The lowest BCUT2D eigenvalue weighted by Crippen LogP contribution is -2.50. The maximum Gasteiger partial charge on any atom is 0.269 e. The van der Waals surface area contributed by atoms with Gasteiger partial charge in [-0.1, -0.05) is 0 Å². The quantitative estimate of drug-likeness (QED) is 0.289. The predicted octanol–water partition coefficient (Wildman–Crippen LogP) is 1.22. The van der Waals surface area contributed by atoms with Crippen LogP contribution in [0, 0.1) is 10.1 Å². The first-order chi connectivity index (χ1) is 10.9. The van der Waals surface area contributed by atoms with E-state index in [0.717, 1.165) is 4.90 Å². The van der Waals surface area contributed by atoms with Gasteiger partial charge in [-0.15, -0.1) is 11.8 Å². The van der Waals surface area contributed by atoms with Crippen LogP contribution in [0.3, 0.4) is 0 Å². The number of methoxy groups -OCH3 is 1. The number of amides is 1. The normalized spacial score (nSPS) is 11.4. The molecule has 1 rings (SSSR count). The molecule has 126 valence electrons. The van der Waals surface area contributed by atoms with Crippen molar-refractivity contribution in [3.63, 3.8) is 0 Å². The maximum atomic E-state index is 11.7.